The lowest BCUT2D eigenvalue weighted by atomic mass is 10.0. The molecule has 0 radical (unpaired) electrons. The summed E-state index contributed by atoms with van der Waals surface area (Å²) in [5.74, 6) is 0.429. The van der Waals surface area contributed by atoms with Gasteiger partial charge in [0.15, 0.2) is 0 Å². The van der Waals surface area contributed by atoms with Crippen LogP contribution in [0.1, 0.15) is 40.7 Å². The molecule has 4 rings (SSSR count). The number of carbonyl (C=O) groups excluding carboxylic acids is 1. The number of benzene rings is 1. The summed E-state index contributed by atoms with van der Waals surface area (Å²) < 4.78 is 11.1. The third-order valence-corrected chi connectivity index (χ3v) is 5.75. The maximum absolute atomic E-state index is 12.7. The maximum Gasteiger partial charge on any atom is 0.251 e. The number of carbonyl (C=O) groups is 1. The molecule has 6 heteroatoms. The average Bonchev–Trinajstić information content (AvgIpc) is 3.24. The SMILES string of the molecule is Cc1ccccc1CN1CCC(NC(=O)c2ccnc(OC3CCOC3)c2)CC1. The Labute approximate surface area is 172 Å². The fourth-order valence-corrected chi connectivity index (χ4v) is 3.92. The van der Waals surface area contributed by atoms with E-state index in [9.17, 15) is 4.79 Å². The molecule has 0 spiro atoms. The van der Waals surface area contributed by atoms with Crippen LogP contribution in [0.4, 0.5) is 0 Å². The smallest absolute Gasteiger partial charge is 0.251 e. The van der Waals surface area contributed by atoms with Crippen LogP contribution in [0, 0.1) is 6.92 Å². The topological polar surface area (TPSA) is 63.7 Å². The molecule has 6 nitrogen and oxygen atoms in total. The fourth-order valence-electron chi connectivity index (χ4n) is 3.92. The number of amides is 1. The Morgan fingerprint density at radius 1 is 1.24 bits per heavy atom. The van der Waals surface area contributed by atoms with Gasteiger partial charge in [-0.15, -0.1) is 0 Å². The minimum atomic E-state index is -0.0581. The van der Waals surface area contributed by atoms with E-state index in [1.54, 1.807) is 18.3 Å². The van der Waals surface area contributed by atoms with E-state index in [4.69, 9.17) is 9.47 Å². The summed E-state index contributed by atoms with van der Waals surface area (Å²) in [6, 6.07) is 12.2. The summed E-state index contributed by atoms with van der Waals surface area (Å²) in [7, 11) is 0. The van der Waals surface area contributed by atoms with E-state index in [0.717, 1.165) is 38.9 Å². The van der Waals surface area contributed by atoms with Crippen molar-refractivity contribution in [1.82, 2.24) is 15.2 Å². The van der Waals surface area contributed by atoms with Crippen molar-refractivity contribution in [2.24, 2.45) is 0 Å². The number of nitrogens with zero attached hydrogens (tertiary/aromatic N) is 2. The van der Waals surface area contributed by atoms with Gasteiger partial charge in [0.25, 0.3) is 5.91 Å². The number of rotatable bonds is 6. The summed E-state index contributed by atoms with van der Waals surface area (Å²) in [5, 5.41) is 3.18. The Morgan fingerprint density at radius 3 is 2.83 bits per heavy atom. The zero-order valence-electron chi connectivity index (χ0n) is 17.0. The van der Waals surface area contributed by atoms with Crippen LogP contribution in [0.3, 0.4) is 0 Å². The Balaban J connectivity index is 1.27. The van der Waals surface area contributed by atoms with Crippen molar-refractivity contribution in [1.29, 1.82) is 0 Å². The zero-order valence-corrected chi connectivity index (χ0v) is 17.0. The first kappa shape index (κ1) is 19.9. The molecule has 0 saturated carbocycles. The number of likely N-dealkylation sites (tertiary alicyclic amines) is 1. The monoisotopic (exact) mass is 395 g/mol. The van der Waals surface area contributed by atoms with Gasteiger partial charge in [0, 0.05) is 49.9 Å². The number of hydrogen-bond donors (Lipinski definition) is 1. The third kappa shape index (κ3) is 5.34. The standard InChI is InChI=1S/C23H29N3O3/c1-17-4-2-3-5-19(17)15-26-11-7-20(8-12-26)25-23(27)18-6-10-24-22(14-18)29-21-9-13-28-16-21/h2-6,10,14,20-21H,7-9,11-13,15-16H2,1H3,(H,25,27). The highest BCUT2D eigenvalue weighted by Crippen LogP contribution is 2.18. The van der Waals surface area contributed by atoms with Crippen molar-refractivity contribution in [2.75, 3.05) is 26.3 Å². The number of aryl methyl sites for hydroxylation is 1. The molecule has 1 aromatic carbocycles. The zero-order chi connectivity index (χ0) is 20.1. The van der Waals surface area contributed by atoms with Gasteiger partial charge < -0.3 is 14.8 Å². The van der Waals surface area contributed by atoms with Gasteiger partial charge >= 0.3 is 0 Å². The van der Waals surface area contributed by atoms with Crippen LogP contribution in [-0.4, -0.2) is 54.2 Å². The summed E-state index contributed by atoms with van der Waals surface area (Å²) in [4.78, 5) is 19.4. The fraction of sp³-hybridized carbons (Fsp3) is 0.478. The van der Waals surface area contributed by atoms with Crippen LogP contribution < -0.4 is 10.1 Å². The number of piperidine rings is 1. The van der Waals surface area contributed by atoms with E-state index >= 15 is 0 Å². The van der Waals surface area contributed by atoms with Crippen LogP contribution in [0.25, 0.3) is 0 Å². The quantitative estimate of drug-likeness (QED) is 0.815. The lowest BCUT2D eigenvalue weighted by molar-refractivity contribution is 0.0907. The highest BCUT2D eigenvalue weighted by Gasteiger charge is 2.22. The van der Waals surface area contributed by atoms with E-state index in [0.29, 0.717) is 24.7 Å². The first-order valence-electron chi connectivity index (χ1n) is 10.5. The Hall–Kier alpha value is -2.44. The minimum absolute atomic E-state index is 0.0263. The van der Waals surface area contributed by atoms with Gasteiger partial charge in [0.1, 0.15) is 6.10 Å². The van der Waals surface area contributed by atoms with E-state index in [2.05, 4.69) is 46.4 Å². The van der Waals surface area contributed by atoms with E-state index < -0.39 is 0 Å². The minimum Gasteiger partial charge on any atom is -0.472 e. The molecule has 1 N–H and O–H groups in total. The van der Waals surface area contributed by atoms with Crippen molar-refractivity contribution in [3.63, 3.8) is 0 Å². The van der Waals surface area contributed by atoms with Crippen molar-refractivity contribution in [3.8, 4) is 5.88 Å². The van der Waals surface area contributed by atoms with Gasteiger partial charge in [-0.3, -0.25) is 9.69 Å². The van der Waals surface area contributed by atoms with Crippen LogP contribution in [0.15, 0.2) is 42.6 Å². The second-order valence-electron chi connectivity index (χ2n) is 7.94. The van der Waals surface area contributed by atoms with Crippen molar-refractivity contribution >= 4 is 5.91 Å². The third-order valence-electron chi connectivity index (χ3n) is 5.75. The molecule has 2 aliphatic heterocycles. The molecule has 1 atom stereocenters. The number of pyridine rings is 1. The van der Waals surface area contributed by atoms with Gasteiger partial charge in [-0.25, -0.2) is 4.98 Å². The lowest BCUT2D eigenvalue weighted by Crippen LogP contribution is -2.44. The van der Waals surface area contributed by atoms with Gasteiger partial charge in [-0.2, -0.15) is 0 Å². The number of ether oxygens (including phenoxy) is 2. The molecule has 3 heterocycles. The largest absolute Gasteiger partial charge is 0.472 e. The molecule has 29 heavy (non-hydrogen) atoms. The first-order chi connectivity index (χ1) is 14.2. The normalized spacial score (nSPS) is 20.5. The van der Waals surface area contributed by atoms with Gasteiger partial charge in [-0.1, -0.05) is 24.3 Å². The van der Waals surface area contributed by atoms with E-state index in [-0.39, 0.29) is 18.1 Å². The molecule has 2 fully saturated rings. The van der Waals surface area contributed by atoms with Crippen molar-refractivity contribution in [2.45, 2.75) is 44.9 Å². The molecule has 2 saturated heterocycles. The molecular formula is C23H29N3O3. The van der Waals surface area contributed by atoms with Crippen LogP contribution in [0.5, 0.6) is 5.88 Å². The summed E-state index contributed by atoms with van der Waals surface area (Å²) in [6.07, 6.45) is 4.44. The van der Waals surface area contributed by atoms with Gasteiger partial charge in [0.05, 0.1) is 13.2 Å². The Bertz CT molecular complexity index is 828. The Kier molecular flexibility index (Phi) is 6.42. The van der Waals surface area contributed by atoms with Crippen LogP contribution >= 0.6 is 0 Å². The average molecular weight is 396 g/mol. The van der Waals surface area contributed by atoms with Crippen molar-refractivity contribution < 1.29 is 14.3 Å². The predicted molar refractivity (Wildman–Crippen MR) is 111 cm³/mol. The molecule has 0 aliphatic carbocycles. The van der Waals surface area contributed by atoms with Crippen LogP contribution in [0.2, 0.25) is 0 Å². The molecular weight excluding hydrogens is 366 g/mol. The first-order valence-corrected chi connectivity index (χ1v) is 10.5. The summed E-state index contributed by atoms with van der Waals surface area (Å²) in [5.41, 5.74) is 3.31. The second-order valence-corrected chi connectivity index (χ2v) is 7.94. The van der Waals surface area contributed by atoms with Gasteiger partial charge in [0.2, 0.25) is 5.88 Å². The molecule has 0 bridgehead atoms. The van der Waals surface area contributed by atoms with Crippen molar-refractivity contribution in [3.05, 3.63) is 59.3 Å². The molecule has 154 valence electrons. The number of hydrogen-bond acceptors (Lipinski definition) is 5. The number of aromatic nitrogens is 1. The highest BCUT2D eigenvalue weighted by molar-refractivity contribution is 5.94. The summed E-state index contributed by atoms with van der Waals surface area (Å²) in [6.45, 7) is 6.42. The Morgan fingerprint density at radius 2 is 2.07 bits per heavy atom. The predicted octanol–water partition coefficient (Wildman–Crippen LogP) is 2.95. The molecule has 1 unspecified atom stereocenters. The summed E-state index contributed by atoms with van der Waals surface area (Å²) >= 11 is 0. The van der Waals surface area contributed by atoms with E-state index in [1.807, 2.05) is 0 Å². The highest BCUT2D eigenvalue weighted by atomic mass is 16.5. The number of nitrogens with one attached hydrogen (secondary N) is 1. The molecule has 2 aromatic rings. The molecule has 1 amide bonds. The maximum atomic E-state index is 12.7. The molecule has 1 aromatic heterocycles. The van der Waals surface area contributed by atoms with E-state index in [1.165, 1.54) is 11.1 Å². The lowest BCUT2D eigenvalue weighted by Gasteiger charge is -2.32. The van der Waals surface area contributed by atoms with Crippen LogP contribution in [-0.2, 0) is 11.3 Å². The molecule has 2 aliphatic rings. The second kappa shape index (κ2) is 9.37. The van der Waals surface area contributed by atoms with Gasteiger partial charge in [-0.05, 0) is 37.0 Å².